The first-order valence-electron chi connectivity index (χ1n) is 6.51. The molecule has 100 valence electrons. The second-order valence-electron chi connectivity index (χ2n) is 5.09. The standard InChI is InChI=1S/C13H20ClN3O/c1-3-11-10(8-17(2)16-11)12(18)15-13(9-14)6-4-5-7-13/h8H,3-7,9H2,1-2H3,(H,15,18). The van der Waals surface area contributed by atoms with Crippen LogP contribution in [0.25, 0.3) is 0 Å². The molecule has 18 heavy (non-hydrogen) atoms. The van der Waals surface area contributed by atoms with Crippen molar-refractivity contribution in [2.24, 2.45) is 7.05 Å². The molecule has 2 rings (SSSR count). The van der Waals surface area contributed by atoms with Crippen LogP contribution in [0.3, 0.4) is 0 Å². The molecule has 5 heteroatoms. The summed E-state index contributed by atoms with van der Waals surface area (Å²) in [5.41, 5.74) is 1.31. The molecule has 1 saturated carbocycles. The summed E-state index contributed by atoms with van der Waals surface area (Å²) in [7, 11) is 1.84. The maximum absolute atomic E-state index is 12.3. The van der Waals surface area contributed by atoms with E-state index in [1.807, 2.05) is 14.0 Å². The predicted octanol–water partition coefficient (Wildman–Crippen LogP) is 2.26. The first-order valence-corrected chi connectivity index (χ1v) is 7.04. The van der Waals surface area contributed by atoms with Crippen LogP contribution in [0.1, 0.15) is 48.7 Å². The Labute approximate surface area is 113 Å². The van der Waals surface area contributed by atoms with Gasteiger partial charge in [0.25, 0.3) is 5.91 Å². The molecule has 1 aromatic heterocycles. The fourth-order valence-electron chi connectivity index (χ4n) is 2.64. The van der Waals surface area contributed by atoms with Gasteiger partial charge in [-0.15, -0.1) is 11.6 Å². The van der Waals surface area contributed by atoms with Gasteiger partial charge in [-0.3, -0.25) is 9.48 Å². The minimum absolute atomic E-state index is 0.0394. The Balaban J connectivity index is 2.16. The molecule has 0 unspecified atom stereocenters. The Bertz CT molecular complexity index is 435. The van der Waals surface area contributed by atoms with Gasteiger partial charge in [-0.05, 0) is 19.3 Å². The molecule has 0 bridgehead atoms. The number of hydrogen-bond acceptors (Lipinski definition) is 2. The number of alkyl halides is 1. The first-order chi connectivity index (χ1) is 8.60. The lowest BCUT2D eigenvalue weighted by atomic mass is 9.99. The smallest absolute Gasteiger partial charge is 0.255 e. The van der Waals surface area contributed by atoms with Crippen LogP contribution >= 0.6 is 11.6 Å². The van der Waals surface area contributed by atoms with E-state index in [0.29, 0.717) is 11.4 Å². The summed E-state index contributed by atoms with van der Waals surface area (Å²) in [5.74, 6) is 0.447. The monoisotopic (exact) mass is 269 g/mol. The van der Waals surface area contributed by atoms with E-state index >= 15 is 0 Å². The molecule has 1 aliphatic rings. The van der Waals surface area contributed by atoms with Crippen LogP contribution in [0.5, 0.6) is 0 Å². The maximum Gasteiger partial charge on any atom is 0.255 e. The van der Waals surface area contributed by atoms with Crippen LogP contribution in [0, 0.1) is 0 Å². The highest BCUT2D eigenvalue weighted by atomic mass is 35.5. The van der Waals surface area contributed by atoms with Gasteiger partial charge in [0.05, 0.1) is 16.8 Å². The fraction of sp³-hybridized carbons (Fsp3) is 0.692. The number of halogens is 1. The number of nitrogens with one attached hydrogen (secondary N) is 1. The fourth-order valence-corrected chi connectivity index (χ4v) is 2.97. The molecule has 0 aliphatic heterocycles. The molecule has 1 aliphatic carbocycles. The van der Waals surface area contributed by atoms with Crippen LogP contribution in [-0.2, 0) is 13.5 Å². The minimum Gasteiger partial charge on any atom is -0.345 e. The van der Waals surface area contributed by atoms with Gasteiger partial charge in [-0.1, -0.05) is 19.8 Å². The van der Waals surface area contributed by atoms with E-state index in [2.05, 4.69) is 10.4 Å². The summed E-state index contributed by atoms with van der Waals surface area (Å²) in [5, 5.41) is 7.42. The Hall–Kier alpha value is -1.03. The average molecular weight is 270 g/mol. The second kappa shape index (κ2) is 5.31. The molecule has 1 fully saturated rings. The van der Waals surface area contributed by atoms with E-state index in [0.717, 1.165) is 37.8 Å². The molecular weight excluding hydrogens is 250 g/mol. The van der Waals surface area contributed by atoms with Crippen LogP contribution < -0.4 is 5.32 Å². The Morgan fingerprint density at radius 3 is 2.78 bits per heavy atom. The molecular formula is C13H20ClN3O. The van der Waals surface area contributed by atoms with Gasteiger partial charge in [-0.2, -0.15) is 5.10 Å². The normalized spacial score (nSPS) is 17.9. The van der Waals surface area contributed by atoms with Crippen molar-refractivity contribution in [1.29, 1.82) is 0 Å². The Morgan fingerprint density at radius 2 is 2.22 bits per heavy atom. The summed E-state index contributed by atoms with van der Waals surface area (Å²) in [6, 6.07) is 0. The molecule has 0 saturated heterocycles. The highest BCUT2D eigenvalue weighted by molar-refractivity contribution is 6.19. The molecule has 0 aromatic carbocycles. The Morgan fingerprint density at radius 1 is 1.56 bits per heavy atom. The summed E-state index contributed by atoms with van der Waals surface area (Å²) in [6.45, 7) is 2.01. The Kier molecular flexibility index (Phi) is 3.95. The zero-order chi connectivity index (χ0) is 13.2. The van der Waals surface area contributed by atoms with Crippen molar-refractivity contribution in [2.75, 3.05) is 5.88 Å². The molecule has 1 heterocycles. The average Bonchev–Trinajstić information content (AvgIpc) is 2.96. The van der Waals surface area contributed by atoms with Gasteiger partial charge in [0.15, 0.2) is 0 Å². The van der Waals surface area contributed by atoms with E-state index in [-0.39, 0.29) is 11.4 Å². The van der Waals surface area contributed by atoms with E-state index in [4.69, 9.17) is 11.6 Å². The van der Waals surface area contributed by atoms with Crippen molar-refractivity contribution in [1.82, 2.24) is 15.1 Å². The van der Waals surface area contributed by atoms with Gasteiger partial charge in [0, 0.05) is 19.1 Å². The summed E-state index contributed by atoms with van der Waals surface area (Å²) < 4.78 is 1.69. The molecule has 1 aromatic rings. The number of amides is 1. The zero-order valence-corrected chi connectivity index (χ0v) is 11.8. The lowest BCUT2D eigenvalue weighted by Crippen LogP contribution is -2.48. The van der Waals surface area contributed by atoms with Crippen LogP contribution in [0.2, 0.25) is 0 Å². The predicted molar refractivity (Wildman–Crippen MR) is 72.0 cm³/mol. The molecule has 1 N–H and O–H groups in total. The van der Waals surface area contributed by atoms with Crippen LogP contribution in [0.15, 0.2) is 6.20 Å². The number of carbonyl (C=O) groups excluding carboxylic acids is 1. The van der Waals surface area contributed by atoms with E-state index in [1.54, 1.807) is 10.9 Å². The molecule has 4 nitrogen and oxygen atoms in total. The van der Waals surface area contributed by atoms with Crippen molar-refractivity contribution in [2.45, 2.75) is 44.6 Å². The first kappa shape index (κ1) is 13.4. The van der Waals surface area contributed by atoms with Gasteiger partial charge < -0.3 is 5.32 Å². The van der Waals surface area contributed by atoms with E-state index < -0.39 is 0 Å². The topological polar surface area (TPSA) is 46.9 Å². The zero-order valence-electron chi connectivity index (χ0n) is 11.0. The number of aromatic nitrogens is 2. The largest absolute Gasteiger partial charge is 0.345 e. The van der Waals surface area contributed by atoms with Gasteiger partial charge in [0.2, 0.25) is 0 Å². The highest BCUT2D eigenvalue weighted by Crippen LogP contribution is 2.31. The molecule has 1 amide bonds. The SMILES string of the molecule is CCc1nn(C)cc1C(=O)NC1(CCl)CCCC1. The van der Waals surface area contributed by atoms with E-state index in [1.165, 1.54) is 0 Å². The van der Waals surface area contributed by atoms with Gasteiger partial charge >= 0.3 is 0 Å². The summed E-state index contributed by atoms with van der Waals surface area (Å²) in [6.07, 6.45) is 6.78. The highest BCUT2D eigenvalue weighted by Gasteiger charge is 2.35. The number of carbonyl (C=O) groups is 1. The summed E-state index contributed by atoms with van der Waals surface area (Å²) in [4.78, 5) is 12.3. The number of hydrogen-bond donors (Lipinski definition) is 1. The van der Waals surface area contributed by atoms with Crippen molar-refractivity contribution >= 4 is 17.5 Å². The number of aryl methyl sites for hydroxylation is 2. The third-order valence-electron chi connectivity index (χ3n) is 3.68. The lowest BCUT2D eigenvalue weighted by Gasteiger charge is -2.27. The molecule has 0 spiro atoms. The maximum atomic E-state index is 12.3. The van der Waals surface area contributed by atoms with Crippen LogP contribution in [-0.4, -0.2) is 27.1 Å². The minimum atomic E-state index is -0.209. The third kappa shape index (κ3) is 2.53. The summed E-state index contributed by atoms with van der Waals surface area (Å²) >= 11 is 6.04. The van der Waals surface area contributed by atoms with Crippen molar-refractivity contribution in [3.63, 3.8) is 0 Å². The van der Waals surface area contributed by atoms with Crippen molar-refractivity contribution < 1.29 is 4.79 Å². The van der Waals surface area contributed by atoms with E-state index in [9.17, 15) is 4.79 Å². The third-order valence-corrected chi connectivity index (χ3v) is 4.19. The van der Waals surface area contributed by atoms with Gasteiger partial charge in [-0.25, -0.2) is 0 Å². The number of nitrogens with zero attached hydrogens (tertiary/aromatic N) is 2. The number of rotatable bonds is 4. The van der Waals surface area contributed by atoms with Gasteiger partial charge in [0.1, 0.15) is 0 Å². The van der Waals surface area contributed by atoms with Crippen LogP contribution in [0.4, 0.5) is 0 Å². The molecule has 0 radical (unpaired) electrons. The lowest BCUT2D eigenvalue weighted by molar-refractivity contribution is 0.0908. The quantitative estimate of drug-likeness (QED) is 0.853. The van der Waals surface area contributed by atoms with Crippen molar-refractivity contribution in [3.8, 4) is 0 Å². The second-order valence-corrected chi connectivity index (χ2v) is 5.36. The van der Waals surface area contributed by atoms with Crippen molar-refractivity contribution in [3.05, 3.63) is 17.5 Å². The molecule has 0 atom stereocenters.